The largest absolute Gasteiger partial charge is 0.480 e. The van der Waals surface area contributed by atoms with E-state index in [9.17, 15) is 28.8 Å². The molecule has 244 valence electrons. The fourth-order valence-corrected chi connectivity index (χ4v) is 4.22. The molecular formula is C26H48N4O12. The van der Waals surface area contributed by atoms with Crippen molar-refractivity contribution in [3.63, 3.8) is 0 Å². The minimum absolute atomic E-state index is 0. The number of ether oxygens (including phenoxy) is 4. The molecule has 4 atom stereocenters. The number of nitrogens with two attached hydrogens (primary N) is 1. The van der Waals surface area contributed by atoms with E-state index in [0.29, 0.717) is 12.8 Å². The molecule has 0 aromatic carbocycles. The average molecular weight is 609 g/mol. The first kappa shape index (κ1) is 40.5. The van der Waals surface area contributed by atoms with Gasteiger partial charge in [-0.3, -0.25) is 14.6 Å². The molecule has 16 nitrogen and oxygen atoms in total. The summed E-state index contributed by atoms with van der Waals surface area (Å²) in [5.41, 5.74) is 3.80. The number of amides is 3. The SMILES string of the molecule is CCOC(=O)[C@@H]1CC[C@H](C(=O)O)N1C(=O)OC(C)(C)C.CCOC(=O)[C@@H]1CC[C@H](C(N)=O)N1C(=O)OC(C)(C)C.N.O. The van der Waals surface area contributed by atoms with Crippen LogP contribution in [0.4, 0.5) is 9.59 Å². The van der Waals surface area contributed by atoms with Crippen molar-refractivity contribution in [2.24, 2.45) is 5.73 Å². The van der Waals surface area contributed by atoms with Gasteiger partial charge in [0.15, 0.2) is 0 Å². The lowest BCUT2D eigenvalue weighted by Gasteiger charge is -2.30. The average Bonchev–Trinajstić information content (AvgIpc) is 3.43. The molecular weight excluding hydrogens is 560 g/mol. The van der Waals surface area contributed by atoms with Crippen molar-refractivity contribution in [2.75, 3.05) is 13.2 Å². The van der Waals surface area contributed by atoms with Gasteiger partial charge in [0, 0.05) is 0 Å². The number of aliphatic carboxylic acids is 1. The number of esters is 2. The molecule has 0 unspecified atom stereocenters. The normalized spacial score (nSPS) is 21.4. The van der Waals surface area contributed by atoms with Crippen LogP contribution >= 0.6 is 0 Å². The first-order chi connectivity index (χ1) is 18.3. The monoisotopic (exact) mass is 608 g/mol. The predicted molar refractivity (Wildman–Crippen MR) is 148 cm³/mol. The minimum Gasteiger partial charge on any atom is -0.480 e. The highest BCUT2D eigenvalue weighted by molar-refractivity contribution is 5.90. The van der Waals surface area contributed by atoms with E-state index >= 15 is 0 Å². The van der Waals surface area contributed by atoms with Gasteiger partial charge in [0.25, 0.3) is 0 Å². The Labute approximate surface area is 246 Å². The summed E-state index contributed by atoms with van der Waals surface area (Å²) >= 11 is 0. The Kier molecular flexibility index (Phi) is 16.1. The summed E-state index contributed by atoms with van der Waals surface area (Å²) < 4.78 is 20.2. The van der Waals surface area contributed by atoms with Crippen molar-refractivity contribution < 1.29 is 58.3 Å². The predicted octanol–water partition coefficient (Wildman–Crippen LogP) is 1.54. The third-order valence-electron chi connectivity index (χ3n) is 5.71. The second-order valence-corrected chi connectivity index (χ2v) is 11.2. The fourth-order valence-electron chi connectivity index (χ4n) is 4.22. The molecule has 42 heavy (non-hydrogen) atoms. The number of carbonyl (C=O) groups is 6. The van der Waals surface area contributed by atoms with Gasteiger partial charge in [0.1, 0.15) is 35.4 Å². The first-order valence-electron chi connectivity index (χ1n) is 13.2. The maximum Gasteiger partial charge on any atom is 0.411 e. The Morgan fingerprint density at radius 2 is 1.00 bits per heavy atom. The second kappa shape index (κ2) is 16.7. The van der Waals surface area contributed by atoms with Crippen molar-refractivity contribution in [3.8, 4) is 0 Å². The minimum atomic E-state index is -1.15. The van der Waals surface area contributed by atoms with Gasteiger partial charge in [-0.05, 0) is 81.1 Å². The van der Waals surface area contributed by atoms with E-state index in [4.69, 9.17) is 29.8 Å². The number of carboxylic acid groups (broad SMARTS) is 1. The quantitative estimate of drug-likeness (QED) is 0.286. The number of hydrogen-bond acceptors (Lipinski definition) is 11. The zero-order chi connectivity index (χ0) is 31.0. The molecule has 0 spiro atoms. The highest BCUT2D eigenvalue weighted by atomic mass is 16.6. The molecule has 2 aliphatic rings. The van der Waals surface area contributed by atoms with Crippen LogP contribution in [0.2, 0.25) is 0 Å². The Morgan fingerprint density at radius 3 is 1.29 bits per heavy atom. The van der Waals surface area contributed by atoms with Crippen LogP contribution in [0.3, 0.4) is 0 Å². The van der Waals surface area contributed by atoms with Gasteiger partial charge in [-0.1, -0.05) is 0 Å². The van der Waals surface area contributed by atoms with Crippen LogP contribution in [-0.4, -0.2) is 105 Å². The van der Waals surface area contributed by atoms with E-state index < -0.39 is 71.4 Å². The smallest absolute Gasteiger partial charge is 0.411 e. The first-order valence-corrected chi connectivity index (χ1v) is 13.2. The zero-order valence-electron chi connectivity index (χ0n) is 25.8. The topological polar surface area (TPSA) is 259 Å². The van der Waals surface area contributed by atoms with Crippen LogP contribution < -0.4 is 11.9 Å². The van der Waals surface area contributed by atoms with Crippen molar-refractivity contribution in [3.05, 3.63) is 0 Å². The Morgan fingerprint density at radius 1 is 0.690 bits per heavy atom. The van der Waals surface area contributed by atoms with Crippen LogP contribution in [-0.2, 0) is 38.1 Å². The van der Waals surface area contributed by atoms with Crippen LogP contribution in [0, 0.1) is 0 Å². The molecule has 0 saturated carbocycles. The van der Waals surface area contributed by atoms with Crippen LogP contribution in [0.5, 0.6) is 0 Å². The molecule has 0 aliphatic carbocycles. The number of carbonyl (C=O) groups excluding carboxylic acids is 5. The lowest BCUT2D eigenvalue weighted by molar-refractivity contribution is -0.151. The standard InChI is InChI=1S/C13H22N2O5.C13H21NO6.H3N.H2O/c1-5-19-11(17)9-7-6-8(10(14)16)15(9)12(18)20-13(2,3)4;1-5-19-11(17)9-7-6-8(10(15)16)14(9)12(18)20-13(2,3)4;;/h8-9H,5-7H2,1-4H3,(H2,14,16);8-9H,5-7H2,1-4H3,(H,15,16);1H3;1H2/t2*8-,9+;;/m11../s1. The van der Waals surface area contributed by atoms with E-state index in [0.717, 1.165) is 9.80 Å². The summed E-state index contributed by atoms with van der Waals surface area (Å²) in [6.07, 6.45) is -0.395. The molecule has 2 heterocycles. The molecule has 3 amide bonds. The third-order valence-corrected chi connectivity index (χ3v) is 5.71. The molecule has 0 aromatic heterocycles. The molecule has 0 aromatic rings. The van der Waals surface area contributed by atoms with E-state index in [2.05, 4.69) is 0 Å². The van der Waals surface area contributed by atoms with Gasteiger partial charge >= 0.3 is 30.1 Å². The molecule has 2 fully saturated rings. The molecule has 0 radical (unpaired) electrons. The second-order valence-electron chi connectivity index (χ2n) is 11.2. The Bertz CT molecular complexity index is 884. The van der Waals surface area contributed by atoms with Crippen molar-refractivity contribution >= 4 is 36.0 Å². The summed E-state index contributed by atoms with van der Waals surface area (Å²) in [4.78, 5) is 72.7. The van der Waals surface area contributed by atoms with Gasteiger partial charge in [-0.25, -0.2) is 24.0 Å². The van der Waals surface area contributed by atoms with E-state index in [1.165, 1.54) is 0 Å². The maximum absolute atomic E-state index is 12.2. The van der Waals surface area contributed by atoms with Gasteiger partial charge in [-0.15, -0.1) is 0 Å². The summed E-state index contributed by atoms with van der Waals surface area (Å²) in [6.45, 7) is 13.9. The molecule has 0 bridgehead atoms. The van der Waals surface area contributed by atoms with Crippen molar-refractivity contribution in [2.45, 2.75) is 116 Å². The lowest BCUT2D eigenvalue weighted by Crippen LogP contribution is -2.51. The third kappa shape index (κ3) is 11.7. The van der Waals surface area contributed by atoms with Crippen LogP contribution in [0.15, 0.2) is 0 Å². The number of rotatable bonds is 6. The Hall–Kier alpha value is -3.66. The number of carboxylic acids is 1. The highest BCUT2D eigenvalue weighted by Gasteiger charge is 2.47. The fraction of sp³-hybridized carbons (Fsp3) is 0.769. The van der Waals surface area contributed by atoms with Crippen molar-refractivity contribution in [1.29, 1.82) is 0 Å². The van der Waals surface area contributed by atoms with Crippen LogP contribution in [0.1, 0.15) is 81.1 Å². The molecule has 2 aliphatic heterocycles. The summed E-state index contributed by atoms with van der Waals surface area (Å²) in [5.74, 6) is -2.94. The molecule has 16 heteroatoms. The van der Waals surface area contributed by atoms with Crippen molar-refractivity contribution in [1.82, 2.24) is 16.0 Å². The Balaban J connectivity index is 0. The van der Waals surface area contributed by atoms with Gasteiger partial charge < -0.3 is 41.4 Å². The van der Waals surface area contributed by atoms with E-state index in [-0.39, 0.29) is 37.7 Å². The number of hydrogen-bond donors (Lipinski definition) is 3. The van der Waals surface area contributed by atoms with Gasteiger partial charge in [-0.2, -0.15) is 0 Å². The number of nitrogens with zero attached hydrogens (tertiary/aromatic N) is 2. The van der Waals surface area contributed by atoms with E-state index in [1.54, 1.807) is 55.4 Å². The van der Waals surface area contributed by atoms with Gasteiger partial charge in [0.05, 0.1) is 13.2 Å². The lowest BCUT2D eigenvalue weighted by atomic mass is 10.2. The highest BCUT2D eigenvalue weighted by Crippen LogP contribution is 2.29. The summed E-state index contributed by atoms with van der Waals surface area (Å²) in [5, 5.41) is 9.16. The number of primary amides is 1. The summed E-state index contributed by atoms with van der Waals surface area (Å²) in [7, 11) is 0. The van der Waals surface area contributed by atoms with Crippen LogP contribution in [0.25, 0.3) is 0 Å². The zero-order valence-corrected chi connectivity index (χ0v) is 25.8. The summed E-state index contributed by atoms with van der Waals surface area (Å²) in [6, 6.07) is -3.60. The molecule has 2 saturated heterocycles. The molecule has 8 N–H and O–H groups in total. The molecule has 2 rings (SSSR count). The number of likely N-dealkylation sites (tertiary alicyclic amines) is 2. The maximum atomic E-state index is 12.2. The van der Waals surface area contributed by atoms with E-state index in [1.807, 2.05) is 0 Å². The van der Waals surface area contributed by atoms with Gasteiger partial charge in [0.2, 0.25) is 5.91 Å².